The number of ether oxygens (including phenoxy) is 1. The lowest BCUT2D eigenvalue weighted by atomic mass is 10.2. The van der Waals surface area contributed by atoms with Gasteiger partial charge in [0.25, 0.3) is 5.56 Å². The van der Waals surface area contributed by atoms with Crippen LogP contribution in [0, 0.1) is 0 Å². The number of H-pyrrole nitrogens is 1. The normalized spacial score (nSPS) is 11.5. The largest absolute Gasteiger partial charge is 0.456 e. The third-order valence-corrected chi connectivity index (χ3v) is 3.03. The standard InChI is InChI=1S/C15H16N6O3/c1-15(2,3)24-14(23)10-4-5-16-12(8-10)21-13(22)11(9-18-21)20-7-6-17-19-20/h4-9,18H,1-3H3. The molecule has 124 valence electrons. The summed E-state index contributed by atoms with van der Waals surface area (Å²) in [5.41, 5.74) is -0.380. The molecule has 0 aliphatic heterocycles. The number of hydrogen-bond acceptors (Lipinski definition) is 6. The lowest BCUT2D eigenvalue weighted by molar-refractivity contribution is 0.00693. The van der Waals surface area contributed by atoms with Gasteiger partial charge in [-0.15, -0.1) is 5.10 Å². The van der Waals surface area contributed by atoms with Crippen LogP contribution in [0.2, 0.25) is 0 Å². The molecular formula is C15H16N6O3. The second kappa shape index (κ2) is 5.76. The van der Waals surface area contributed by atoms with Gasteiger partial charge in [-0.25, -0.2) is 14.5 Å². The smallest absolute Gasteiger partial charge is 0.338 e. The van der Waals surface area contributed by atoms with Gasteiger partial charge < -0.3 is 4.74 Å². The van der Waals surface area contributed by atoms with Crippen LogP contribution < -0.4 is 5.56 Å². The molecule has 3 rings (SSSR count). The van der Waals surface area contributed by atoms with Crippen LogP contribution in [-0.2, 0) is 4.74 Å². The molecule has 0 aromatic carbocycles. The Balaban J connectivity index is 1.96. The minimum Gasteiger partial charge on any atom is -0.456 e. The highest BCUT2D eigenvalue weighted by molar-refractivity contribution is 5.90. The Morgan fingerprint density at radius 3 is 2.75 bits per heavy atom. The molecule has 1 N–H and O–H groups in total. The molecule has 0 saturated heterocycles. The lowest BCUT2D eigenvalue weighted by Gasteiger charge is -2.19. The molecule has 0 bridgehead atoms. The Bertz CT molecular complexity index is 917. The summed E-state index contributed by atoms with van der Waals surface area (Å²) in [6.45, 7) is 5.35. The third kappa shape index (κ3) is 3.09. The predicted octanol–water partition coefficient (Wildman–Crippen LogP) is 1.10. The van der Waals surface area contributed by atoms with Crippen LogP contribution in [0.3, 0.4) is 0 Å². The number of pyridine rings is 1. The highest BCUT2D eigenvalue weighted by atomic mass is 16.6. The average molecular weight is 328 g/mol. The molecule has 0 saturated carbocycles. The molecule has 3 aromatic heterocycles. The van der Waals surface area contributed by atoms with Gasteiger partial charge in [0.2, 0.25) is 0 Å². The Kier molecular flexibility index (Phi) is 3.76. The van der Waals surface area contributed by atoms with E-state index in [0.29, 0.717) is 5.56 Å². The van der Waals surface area contributed by atoms with Crippen molar-refractivity contribution in [2.24, 2.45) is 0 Å². The molecule has 0 aliphatic carbocycles. The zero-order valence-electron chi connectivity index (χ0n) is 13.4. The molecule has 24 heavy (non-hydrogen) atoms. The van der Waals surface area contributed by atoms with E-state index in [-0.39, 0.29) is 17.1 Å². The van der Waals surface area contributed by atoms with Crippen molar-refractivity contribution < 1.29 is 9.53 Å². The molecule has 9 heteroatoms. The second-order valence-electron chi connectivity index (χ2n) is 6.05. The summed E-state index contributed by atoms with van der Waals surface area (Å²) in [6.07, 6.45) is 5.95. The van der Waals surface area contributed by atoms with Gasteiger partial charge in [-0.05, 0) is 32.9 Å². The Labute approximate surface area is 136 Å². The van der Waals surface area contributed by atoms with Crippen LogP contribution in [-0.4, -0.2) is 41.3 Å². The number of carbonyl (C=O) groups excluding carboxylic acids is 1. The zero-order chi connectivity index (χ0) is 17.3. The quantitative estimate of drug-likeness (QED) is 0.721. The van der Waals surface area contributed by atoms with Crippen molar-refractivity contribution in [3.05, 3.63) is 52.8 Å². The SMILES string of the molecule is CC(C)(C)OC(=O)c1ccnc(-n2[nH]cc(-n3ccnn3)c2=O)c1. The van der Waals surface area contributed by atoms with E-state index in [1.165, 1.54) is 40.1 Å². The van der Waals surface area contributed by atoms with Gasteiger partial charge in [-0.2, -0.15) is 4.68 Å². The van der Waals surface area contributed by atoms with Crippen LogP contribution in [0.25, 0.3) is 11.5 Å². The first-order chi connectivity index (χ1) is 11.3. The fourth-order valence-corrected chi connectivity index (χ4v) is 2.04. The van der Waals surface area contributed by atoms with Crippen LogP contribution in [0.15, 0.2) is 41.7 Å². The maximum atomic E-state index is 12.5. The molecule has 0 spiro atoms. The number of carbonyl (C=O) groups is 1. The topological polar surface area (TPSA) is 108 Å². The minimum atomic E-state index is -0.607. The van der Waals surface area contributed by atoms with Gasteiger partial charge in [0, 0.05) is 6.20 Å². The highest BCUT2D eigenvalue weighted by Crippen LogP contribution is 2.13. The average Bonchev–Trinajstić information content (AvgIpc) is 3.15. The molecule has 9 nitrogen and oxygen atoms in total. The molecule has 3 aromatic rings. The summed E-state index contributed by atoms with van der Waals surface area (Å²) in [7, 11) is 0. The molecular weight excluding hydrogens is 312 g/mol. The first-order valence-electron chi connectivity index (χ1n) is 7.22. The van der Waals surface area contributed by atoms with Crippen molar-refractivity contribution in [1.82, 2.24) is 29.8 Å². The fourth-order valence-electron chi connectivity index (χ4n) is 2.04. The zero-order valence-corrected chi connectivity index (χ0v) is 13.4. The molecule has 0 unspecified atom stereocenters. The maximum Gasteiger partial charge on any atom is 0.338 e. The minimum absolute atomic E-state index is 0.273. The van der Waals surface area contributed by atoms with Crippen molar-refractivity contribution >= 4 is 5.97 Å². The number of nitrogens with zero attached hydrogens (tertiary/aromatic N) is 5. The van der Waals surface area contributed by atoms with Gasteiger partial charge >= 0.3 is 5.97 Å². The van der Waals surface area contributed by atoms with Gasteiger partial charge in [0.15, 0.2) is 11.5 Å². The van der Waals surface area contributed by atoms with E-state index in [1.807, 2.05) is 0 Å². The first kappa shape index (κ1) is 15.7. The Morgan fingerprint density at radius 2 is 2.08 bits per heavy atom. The molecule has 0 fully saturated rings. The number of aromatic nitrogens is 6. The van der Waals surface area contributed by atoms with E-state index < -0.39 is 11.6 Å². The van der Waals surface area contributed by atoms with Crippen LogP contribution >= 0.6 is 0 Å². The fraction of sp³-hybridized carbons (Fsp3) is 0.267. The van der Waals surface area contributed by atoms with Gasteiger partial charge in [0.05, 0.1) is 24.2 Å². The first-order valence-corrected chi connectivity index (χ1v) is 7.22. The molecule has 0 atom stereocenters. The van der Waals surface area contributed by atoms with Crippen molar-refractivity contribution in [3.63, 3.8) is 0 Å². The molecule has 0 radical (unpaired) electrons. The van der Waals surface area contributed by atoms with Crippen molar-refractivity contribution in [1.29, 1.82) is 0 Å². The van der Waals surface area contributed by atoms with Crippen LogP contribution in [0.1, 0.15) is 31.1 Å². The summed E-state index contributed by atoms with van der Waals surface area (Å²) >= 11 is 0. The van der Waals surface area contributed by atoms with E-state index in [2.05, 4.69) is 20.4 Å². The second-order valence-corrected chi connectivity index (χ2v) is 6.05. The highest BCUT2D eigenvalue weighted by Gasteiger charge is 2.19. The molecule has 0 amide bonds. The summed E-state index contributed by atoms with van der Waals surface area (Å²) in [6, 6.07) is 3.01. The Hall–Kier alpha value is -3.23. The van der Waals surface area contributed by atoms with E-state index in [9.17, 15) is 9.59 Å². The Morgan fingerprint density at radius 1 is 1.29 bits per heavy atom. The van der Waals surface area contributed by atoms with E-state index in [4.69, 9.17) is 4.74 Å². The van der Waals surface area contributed by atoms with E-state index >= 15 is 0 Å². The van der Waals surface area contributed by atoms with E-state index in [0.717, 1.165) is 0 Å². The van der Waals surface area contributed by atoms with Crippen molar-refractivity contribution in [2.75, 3.05) is 0 Å². The van der Waals surface area contributed by atoms with Gasteiger partial charge in [-0.3, -0.25) is 9.89 Å². The summed E-state index contributed by atoms with van der Waals surface area (Å²) in [5, 5.41) is 10.2. The number of esters is 1. The molecule has 3 heterocycles. The predicted molar refractivity (Wildman–Crippen MR) is 84.3 cm³/mol. The summed E-state index contributed by atoms with van der Waals surface area (Å²) < 4.78 is 7.88. The van der Waals surface area contributed by atoms with Gasteiger partial charge in [-0.1, -0.05) is 5.21 Å². The third-order valence-electron chi connectivity index (χ3n) is 3.03. The van der Waals surface area contributed by atoms with Crippen molar-refractivity contribution in [2.45, 2.75) is 26.4 Å². The number of rotatable bonds is 3. The maximum absolute atomic E-state index is 12.5. The summed E-state index contributed by atoms with van der Waals surface area (Å²) in [5.74, 6) is -0.211. The van der Waals surface area contributed by atoms with Gasteiger partial charge in [0.1, 0.15) is 5.60 Å². The monoisotopic (exact) mass is 328 g/mol. The van der Waals surface area contributed by atoms with Crippen LogP contribution in [0.4, 0.5) is 0 Å². The molecule has 0 aliphatic rings. The number of hydrogen-bond donors (Lipinski definition) is 1. The van der Waals surface area contributed by atoms with E-state index in [1.54, 1.807) is 27.0 Å². The van der Waals surface area contributed by atoms with Crippen LogP contribution in [0.5, 0.6) is 0 Å². The number of aromatic amines is 1. The lowest BCUT2D eigenvalue weighted by Crippen LogP contribution is -2.24. The van der Waals surface area contributed by atoms with Crippen molar-refractivity contribution in [3.8, 4) is 11.5 Å². The summed E-state index contributed by atoms with van der Waals surface area (Å²) in [4.78, 5) is 28.7. The number of nitrogens with one attached hydrogen (secondary N) is 1.